The minimum absolute atomic E-state index is 0.0698. The molecule has 0 spiro atoms. The van der Waals surface area contributed by atoms with Crippen LogP contribution in [0.2, 0.25) is 0 Å². The number of carbonyl (C=O) groups excluding carboxylic acids is 1. The fraction of sp³-hybridized carbons (Fsp3) is 0.500. The Bertz CT molecular complexity index is 462. The van der Waals surface area contributed by atoms with Crippen LogP contribution < -0.4 is 15.4 Å². The lowest BCUT2D eigenvalue weighted by atomic mass is 10.1. The van der Waals surface area contributed by atoms with Crippen LogP contribution in [0, 0.1) is 0 Å². The third-order valence-corrected chi connectivity index (χ3v) is 3.67. The Morgan fingerprint density at radius 3 is 2.90 bits per heavy atom. The Hall–Kier alpha value is -1.11. The van der Waals surface area contributed by atoms with Crippen LogP contribution in [0.1, 0.15) is 12.8 Å². The summed E-state index contributed by atoms with van der Waals surface area (Å²) in [6, 6.07) is 5.47. The Morgan fingerprint density at radius 1 is 1.45 bits per heavy atom. The molecule has 1 heterocycles. The first kappa shape index (κ1) is 15.3. The van der Waals surface area contributed by atoms with E-state index in [1.54, 1.807) is 19.2 Å². The molecule has 1 aliphatic rings. The topological polar surface area (TPSA) is 59.6 Å². The maximum atomic E-state index is 11.9. The van der Waals surface area contributed by atoms with Crippen molar-refractivity contribution in [2.45, 2.75) is 18.9 Å². The van der Waals surface area contributed by atoms with E-state index in [0.717, 1.165) is 30.4 Å². The molecular weight excluding hydrogens is 324 g/mol. The molecule has 1 saturated heterocycles. The summed E-state index contributed by atoms with van der Waals surface area (Å²) in [4.78, 5) is 11.9. The van der Waals surface area contributed by atoms with E-state index in [2.05, 4.69) is 26.6 Å². The predicted molar refractivity (Wildman–Crippen MR) is 81.2 cm³/mol. The Kier molecular flexibility index (Phi) is 5.82. The highest BCUT2D eigenvalue weighted by Crippen LogP contribution is 2.27. The molecule has 1 aliphatic heterocycles. The monoisotopic (exact) mass is 342 g/mol. The molecule has 0 aromatic heterocycles. The highest BCUT2D eigenvalue weighted by atomic mass is 79.9. The van der Waals surface area contributed by atoms with Crippen LogP contribution in [-0.2, 0) is 9.53 Å². The van der Waals surface area contributed by atoms with Gasteiger partial charge in [-0.15, -0.1) is 0 Å². The molecule has 6 heteroatoms. The van der Waals surface area contributed by atoms with Crippen LogP contribution in [0.4, 0.5) is 5.69 Å². The molecule has 2 rings (SSSR count). The van der Waals surface area contributed by atoms with Crippen LogP contribution in [0.3, 0.4) is 0 Å². The standard InChI is InChI=1S/C14H19BrN2O3/c1-19-13-3-2-10(15)8-12(13)17-14(18)9-20-11-4-6-16-7-5-11/h2-3,8,11,16H,4-7,9H2,1H3,(H,17,18). The minimum atomic E-state index is -0.167. The summed E-state index contributed by atoms with van der Waals surface area (Å²) >= 11 is 3.37. The SMILES string of the molecule is COc1ccc(Br)cc1NC(=O)COC1CCNCC1. The van der Waals surface area contributed by atoms with Gasteiger partial charge in [-0.05, 0) is 44.1 Å². The van der Waals surface area contributed by atoms with E-state index < -0.39 is 0 Å². The van der Waals surface area contributed by atoms with Crippen molar-refractivity contribution < 1.29 is 14.3 Å². The second-order valence-corrected chi connectivity index (χ2v) is 5.57. The molecule has 0 saturated carbocycles. The van der Waals surface area contributed by atoms with Crippen LogP contribution in [0.5, 0.6) is 5.75 Å². The molecule has 0 bridgehead atoms. The molecular formula is C14H19BrN2O3. The molecule has 0 radical (unpaired) electrons. The van der Waals surface area contributed by atoms with Crippen LogP contribution in [0.15, 0.2) is 22.7 Å². The average Bonchev–Trinajstić information content (AvgIpc) is 2.46. The summed E-state index contributed by atoms with van der Waals surface area (Å²) < 4.78 is 11.7. The van der Waals surface area contributed by atoms with E-state index in [1.807, 2.05) is 6.07 Å². The Morgan fingerprint density at radius 2 is 2.20 bits per heavy atom. The Labute approximate surface area is 127 Å². The maximum absolute atomic E-state index is 11.9. The molecule has 110 valence electrons. The maximum Gasteiger partial charge on any atom is 0.250 e. The fourth-order valence-electron chi connectivity index (χ4n) is 2.12. The third kappa shape index (κ3) is 4.47. The van der Waals surface area contributed by atoms with E-state index in [0.29, 0.717) is 11.4 Å². The number of ether oxygens (including phenoxy) is 2. The molecule has 20 heavy (non-hydrogen) atoms. The van der Waals surface area contributed by atoms with Crippen molar-refractivity contribution >= 4 is 27.5 Å². The fourth-order valence-corrected chi connectivity index (χ4v) is 2.48. The molecule has 0 atom stereocenters. The van der Waals surface area contributed by atoms with Gasteiger partial charge in [-0.2, -0.15) is 0 Å². The molecule has 0 aliphatic carbocycles. The number of methoxy groups -OCH3 is 1. The summed E-state index contributed by atoms with van der Waals surface area (Å²) in [7, 11) is 1.57. The largest absolute Gasteiger partial charge is 0.495 e. The van der Waals surface area contributed by atoms with Crippen LogP contribution >= 0.6 is 15.9 Å². The lowest BCUT2D eigenvalue weighted by Gasteiger charge is -2.22. The summed E-state index contributed by atoms with van der Waals surface area (Å²) in [5.74, 6) is 0.461. The number of anilines is 1. The molecule has 1 aromatic rings. The van der Waals surface area contributed by atoms with Gasteiger partial charge in [-0.25, -0.2) is 0 Å². The average molecular weight is 343 g/mol. The number of hydrogen-bond acceptors (Lipinski definition) is 4. The molecule has 5 nitrogen and oxygen atoms in total. The minimum Gasteiger partial charge on any atom is -0.495 e. The number of carbonyl (C=O) groups is 1. The zero-order chi connectivity index (χ0) is 14.4. The van der Waals surface area contributed by atoms with E-state index in [1.165, 1.54) is 0 Å². The normalized spacial score (nSPS) is 15.9. The van der Waals surface area contributed by atoms with Gasteiger partial charge < -0.3 is 20.1 Å². The number of halogens is 1. The van der Waals surface area contributed by atoms with Crippen molar-refractivity contribution in [2.75, 3.05) is 32.1 Å². The zero-order valence-corrected chi connectivity index (χ0v) is 13.0. The number of rotatable bonds is 5. The van der Waals surface area contributed by atoms with Crippen LogP contribution in [0.25, 0.3) is 0 Å². The zero-order valence-electron chi connectivity index (χ0n) is 11.4. The lowest BCUT2D eigenvalue weighted by molar-refractivity contribution is -0.123. The highest BCUT2D eigenvalue weighted by molar-refractivity contribution is 9.10. The van der Waals surface area contributed by atoms with Crippen molar-refractivity contribution in [1.82, 2.24) is 5.32 Å². The Balaban J connectivity index is 1.86. The first-order valence-corrected chi connectivity index (χ1v) is 7.44. The first-order valence-electron chi connectivity index (χ1n) is 6.65. The molecule has 1 aromatic carbocycles. The smallest absolute Gasteiger partial charge is 0.250 e. The van der Waals surface area contributed by atoms with Crippen molar-refractivity contribution in [1.29, 1.82) is 0 Å². The van der Waals surface area contributed by atoms with Crippen molar-refractivity contribution in [3.05, 3.63) is 22.7 Å². The van der Waals surface area contributed by atoms with Gasteiger partial charge in [0.15, 0.2) is 0 Å². The van der Waals surface area contributed by atoms with Gasteiger partial charge in [-0.1, -0.05) is 15.9 Å². The molecule has 0 unspecified atom stereocenters. The van der Waals surface area contributed by atoms with E-state index in [4.69, 9.17) is 9.47 Å². The van der Waals surface area contributed by atoms with Gasteiger partial charge in [-0.3, -0.25) is 4.79 Å². The first-order chi connectivity index (χ1) is 9.69. The van der Waals surface area contributed by atoms with Gasteiger partial charge in [0.1, 0.15) is 12.4 Å². The van der Waals surface area contributed by atoms with Gasteiger partial charge in [0.25, 0.3) is 0 Å². The van der Waals surface area contributed by atoms with E-state index >= 15 is 0 Å². The second kappa shape index (κ2) is 7.61. The third-order valence-electron chi connectivity index (χ3n) is 3.17. The lowest BCUT2D eigenvalue weighted by Crippen LogP contribution is -2.34. The summed E-state index contributed by atoms with van der Waals surface area (Å²) in [6.45, 7) is 1.97. The van der Waals surface area contributed by atoms with Gasteiger partial charge in [0.2, 0.25) is 5.91 Å². The summed E-state index contributed by atoms with van der Waals surface area (Å²) in [6.07, 6.45) is 2.08. The molecule has 2 N–H and O–H groups in total. The number of benzene rings is 1. The summed E-state index contributed by atoms with van der Waals surface area (Å²) in [5.41, 5.74) is 0.640. The van der Waals surface area contributed by atoms with Crippen LogP contribution in [-0.4, -0.2) is 38.8 Å². The van der Waals surface area contributed by atoms with Crippen molar-refractivity contribution in [2.24, 2.45) is 0 Å². The quantitative estimate of drug-likeness (QED) is 0.860. The number of amides is 1. The number of nitrogens with one attached hydrogen (secondary N) is 2. The summed E-state index contributed by atoms with van der Waals surface area (Å²) in [5, 5.41) is 6.07. The van der Waals surface area contributed by atoms with Crippen molar-refractivity contribution in [3.63, 3.8) is 0 Å². The second-order valence-electron chi connectivity index (χ2n) is 4.65. The van der Waals surface area contributed by atoms with Crippen molar-refractivity contribution in [3.8, 4) is 5.75 Å². The predicted octanol–water partition coefficient (Wildman–Crippen LogP) is 2.16. The highest BCUT2D eigenvalue weighted by Gasteiger charge is 2.15. The van der Waals surface area contributed by atoms with Gasteiger partial charge >= 0.3 is 0 Å². The molecule has 1 amide bonds. The number of hydrogen-bond donors (Lipinski definition) is 2. The van der Waals surface area contributed by atoms with E-state index in [9.17, 15) is 4.79 Å². The molecule has 1 fully saturated rings. The van der Waals surface area contributed by atoms with Gasteiger partial charge in [0.05, 0.1) is 18.9 Å². The van der Waals surface area contributed by atoms with E-state index in [-0.39, 0.29) is 18.6 Å². The van der Waals surface area contributed by atoms with Gasteiger partial charge in [0, 0.05) is 4.47 Å². The number of piperidine rings is 1.